The summed E-state index contributed by atoms with van der Waals surface area (Å²) in [6.07, 6.45) is 4.38. The minimum atomic E-state index is -0.191. The summed E-state index contributed by atoms with van der Waals surface area (Å²) in [6, 6.07) is 7.65. The van der Waals surface area contributed by atoms with Gasteiger partial charge >= 0.3 is 0 Å². The number of furan rings is 1. The third-order valence-corrected chi connectivity index (χ3v) is 5.54. The average molecular weight is 338 g/mol. The number of hydrogen-bond donors (Lipinski definition) is 1. The molecule has 0 amide bonds. The van der Waals surface area contributed by atoms with Gasteiger partial charge < -0.3 is 9.73 Å². The van der Waals surface area contributed by atoms with Crippen molar-refractivity contribution in [3.05, 3.63) is 64.1 Å². The normalized spacial score (nSPS) is 22.9. The molecule has 4 heterocycles. The van der Waals surface area contributed by atoms with Gasteiger partial charge in [0.2, 0.25) is 5.95 Å². The molecule has 1 aliphatic carbocycles. The molecule has 0 bridgehead atoms. The Hall–Kier alpha value is -2.67. The van der Waals surface area contributed by atoms with Crippen LogP contribution in [-0.2, 0) is 4.79 Å². The molecule has 2 aliphatic rings. The van der Waals surface area contributed by atoms with Crippen molar-refractivity contribution < 1.29 is 9.21 Å². The number of hydrogen-bond acceptors (Lipinski definition) is 6. The zero-order valence-corrected chi connectivity index (χ0v) is 13.5. The Kier molecular flexibility index (Phi) is 2.96. The summed E-state index contributed by atoms with van der Waals surface area (Å²) in [5, 5.41) is 9.66. The largest absolute Gasteiger partial charge is 0.469 e. The monoisotopic (exact) mass is 338 g/mol. The molecular formula is C17H14N4O2S. The van der Waals surface area contributed by atoms with Crippen molar-refractivity contribution in [3.63, 3.8) is 0 Å². The van der Waals surface area contributed by atoms with Gasteiger partial charge in [-0.05, 0) is 30.0 Å². The first-order valence-corrected chi connectivity index (χ1v) is 8.69. The van der Waals surface area contributed by atoms with Crippen LogP contribution in [0, 0.1) is 0 Å². The first-order valence-electron chi connectivity index (χ1n) is 7.81. The third-order valence-electron chi connectivity index (χ3n) is 4.62. The maximum atomic E-state index is 13.0. The Labute approximate surface area is 141 Å². The number of aromatic nitrogens is 3. The molecule has 6 nitrogen and oxygen atoms in total. The molecule has 0 radical (unpaired) electrons. The fourth-order valence-corrected chi connectivity index (χ4v) is 4.40. The highest BCUT2D eigenvalue weighted by molar-refractivity contribution is 7.10. The molecule has 2 unspecified atom stereocenters. The van der Waals surface area contributed by atoms with E-state index in [2.05, 4.69) is 15.4 Å². The number of ketones is 1. The van der Waals surface area contributed by atoms with Crippen LogP contribution in [0.2, 0.25) is 0 Å². The predicted molar refractivity (Wildman–Crippen MR) is 88.8 cm³/mol. The number of nitrogens with one attached hydrogen (secondary N) is 1. The van der Waals surface area contributed by atoms with E-state index in [0.29, 0.717) is 12.4 Å². The maximum Gasteiger partial charge on any atom is 0.226 e. The summed E-state index contributed by atoms with van der Waals surface area (Å²) in [7, 11) is 0. The van der Waals surface area contributed by atoms with Crippen molar-refractivity contribution in [1.29, 1.82) is 0 Å². The molecule has 0 saturated carbocycles. The van der Waals surface area contributed by atoms with Crippen LogP contribution >= 0.6 is 11.3 Å². The second kappa shape index (κ2) is 5.17. The molecule has 0 fully saturated rings. The van der Waals surface area contributed by atoms with Crippen molar-refractivity contribution >= 4 is 23.1 Å². The van der Waals surface area contributed by atoms with Gasteiger partial charge in [0.15, 0.2) is 5.78 Å². The molecular weight excluding hydrogens is 324 g/mol. The minimum Gasteiger partial charge on any atom is -0.469 e. The Morgan fingerprint density at radius 2 is 2.25 bits per heavy atom. The number of Topliss-reactive ketones (excluding diaryl/α,β-unsaturated/α-hetero) is 1. The summed E-state index contributed by atoms with van der Waals surface area (Å²) in [5.74, 6) is 1.75. The molecule has 120 valence electrons. The fraction of sp³-hybridized carbons (Fsp3) is 0.235. The van der Waals surface area contributed by atoms with Crippen molar-refractivity contribution in [2.24, 2.45) is 0 Å². The van der Waals surface area contributed by atoms with Crippen LogP contribution in [0.1, 0.15) is 35.4 Å². The van der Waals surface area contributed by atoms with Crippen LogP contribution in [0.25, 0.3) is 0 Å². The van der Waals surface area contributed by atoms with Crippen LogP contribution < -0.4 is 5.32 Å². The number of allylic oxidation sites excluding steroid dienone is 2. The number of anilines is 1. The lowest BCUT2D eigenvalue weighted by molar-refractivity contribution is -0.116. The molecule has 0 saturated heterocycles. The number of nitrogens with zero attached hydrogens (tertiary/aromatic N) is 3. The molecule has 3 aromatic rings. The van der Waals surface area contributed by atoms with Crippen LogP contribution in [0.3, 0.4) is 0 Å². The van der Waals surface area contributed by atoms with E-state index >= 15 is 0 Å². The summed E-state index contributed by atoms with van der Waals surface area (Å²) >= 11 is 1.63. The van der Waals surface area contributed by atoms with Crippen LogP contribution in [-0.4, -0.2) is 20.5 Å². The van der Waals surface area contributed by atoms with E-state index in [1.807, 2.05) is 29.6 Å². The Morgan fingerprint density at radius 1 is 1.29 bits per heavy atom. The topological polar surface area (TPSA) is 73.0 Å². The van der Waals surface area contributed by atoms with E-state index in [0.717, 1.165) is 28.3 Å². The van der Waals surface area contributed by atoms with E-state index in [4.69, 9.17) is 4.42 Å². The van der Waals surface area contributed by atoms with E-state index in [1.54, 1.807) is 22.3 Å². The number of thiophene rings is 1. The van der Waals surface area contributed by atoms with Gasteiger partial charge in [0, 0.05) is 28.5 Å². The quantitative estimate of drug-likeness (QED) is 0.776. The van der Waals surface area contributed by atoms with Gasteiger partial charge in [-0.15, -0.1) is 11.3 Å². The Bertz CT molecular complexity index is 924. The van der Waals surface area contributed by atoms with Gasteiger partial charge in [0.05, 0.1) is 6.26 Å². The van der Waals surface area contributed by atoms with E-state index in [1.165, 1.54) is 6.33 Å². The van der Waals surface area contributed by atoms with Gasteiger partial charge in [-0.25, -0.2) is 4.68 Å². The van der Waals surface area contributed by atoms with E-state index in [-0.39, 0.29) is 17.7 Å². The van der Waals surface area contributed by atoms with Gasteiger partial charge in [0.1, 0.15) is 18.1 Å². The second-order valence-corrected chi connectivity index (χ2v) is 6.99. The number of fused-ring (bicyclic) bond motifs is 1. The third kappa shape index (κ3) is 1.98. The van der Waals surface area contributed by atoms with Crippen molar-refractivity contribution in [1.82, 2.24) is 14.8 Å². The highest BCUT2D eigenvalue weighted by atomic mass is 32.1. The molecule has 5 rings (SSSR count). The second-order valence-electron chi connectivity index (χ2n) is 6.01. The zero-order valence-electron chi connectivity index (χ0n) is 12.7. The molecule has 1 aliphatic heterocycles. The summed E-state index contributed by atoms with van der Waals surface area (Å²) in [5.41, 5.74) is 1.74. The van der Waals surface area contributed by atoms with Gasteiger partial charge in [-0.1, -0.05) is 6.07 Å². The van der Waals surface area contributed by atoms with Gasteiger partial charge in [-0.2, -0.15) is 10.1 Å². The first-order chi connectivity index (χ1) is 11.8. The minimum absolute atomic E-state index is 0.0669. The lowest BCUT2D eigenvalue weighted by Gasteiger charge is -2.33. The smallest absolute Gasteiger partial charge is 0.226 e. The molecule has 0 spiro atoms. The average Bonchev–Trinajstić information content (AvgIpc) is 3.33. The predicted octanol–water partition coefficient (Wildman–Crippen LogP) is 3.35. The number of carbonyl (C=O) groups excluding carboxylic acids is 1. The molecule has 0 aromatic carbocycles. The van der Waals surface area contributed by atoms with Gasteiger partial charge in [-0.3, -0.25) is 4.79 Å². The highest BCUT2D eigenvalue weighted by Crippen LogP contribution is 2.44. The Morgan fingerprint density at radius 3 is 3.04 bits per heavy atom. The number of carbonyl (C=O) groups is 1. The van der Waals surface area contributed by atoms with Gasteiger partial charge in [0.25, 0.3) is 0 Å². The van der Waals surface area contributed by atoms with E-state index in [9.17, 15) is 4.79 Å². The maximum absolute atomic E-state index is 13.0. The Balaban J connectivity index is 1.62. The zero-order chi connectivity index (χ0) is 16.1. The standard InChI is InChI=1S/C17H14N4O2S/c22-12-8-10(13-3-1-5-23-13)7-11-15(12)16(14-4-2-6-24-14)21-17(20-11)18-9-19-21/h1-6,9-10,16H,7-8H2,(H,18,19,20). The van der Waals surface area contributed by atoms with Crippen LogP contribution in [0.4, 0.5) is 5.95 Å². The molecule has 7 heteroatoms. The summed E-state index contributed by atoms with van der Waals surface area (Å²) in [6.45, 7) is 0. The van der Waals surface area contributed by atoms with E-state index < -0.39 is 0 Å². The molecule has 3 aromatic heterocycles. The molecule has 1 N–H and O–H groups in total. The van der Waals surface area contributed by atoms with Crippen molar-refractivity contribution in [2.45, 2.75) is 24.8 Å². The lowest BCUT2D eigenvalue weighted by Crippen LogP contribution is -2.33. The van der Waals surface area contributed by atoms with Crippen LogP contribution in [0.5, 0.6) is 0 Å². The fourth-order valence-electron chi connectivity index (χ4n) is 3.59. The number of rotatable bonds is 2. The highest BCUT2D eigenvalue weighted by Gasteiger charge is 2.40. The van der Waals surface area contributed by atoms with Crippen molar-refractivity contribution in [2.75, 3.05) is 5.32 Å². The first kappa shape index (κ1) is 13.7. The van der Waals surface area contributed by atoms with Crippen LogP contribution in [0.15, 0.2) is 57.9 Å². The SMILES string of the molecule is O=C1CC(c2ccco2)CC2=C1C(c1cccs1)n1ncnc1N2. The summed E-state index contributed by atoms with van der Waals surface area (Å²) in [4.78, 5) is 18.4. The summed E-state index contributed by atoms with van der Waals surface area (Å²) < 4.78 is 7.32. The molecule has 24 heavy (non-hydrogen) atoms. The lowest BCUT2D eigenvalue weighted by atomic mass is 9.81. The van der Waals surface area contributed by atoms with Crippen molar-refractivity contribution in [3.8, 4) is 0 Å². The molecule has 2 atom stereocenters.